The number of nitrogens with one attached hydrogen (secondary N) is 1. The van der Waals surface area contributed by atoms with Crippen molar-refractivity contribution < 1.29 is 13.2 Å². The van der Waals surface area contributed by atoms with Gasteiger partial charge in [0, 0.05) is 12.6 Å². The number of rotatable bonds is 7. The van der Waals surface area contributed by atoms with E-state index in [1.54, 1.807) is 36.6 Å². The predicted molar refractivity (Wildman–Crippen MR) is 110 cm³/mol. The molecule has 1 fully saturated rings. The molecule has 1 N–H and O–H groups in total. The van der Waals surface area contributed by atoms with Crippen molar-refractivity contribution in [2.45, 2.75) is 43.5 Å². The van der Waals surface area contributed by atoms with Crippen LogP contribution < -0.4 is 9.46 Å². The monoisotopic (exact) mass is 408 g/mol. The van der Waals surface area contributed by atoms with Gasteiger partial charge in [0.15, 0.2) is 0 Å². The predicted octanol–water partition coefficient (Wildman–Crippen LogP) is 3.96. The third-order valence-electron chi connectivity index (χ3n) is 5.15. The number of sulfonamides is 1. The van der Waals surface area contributed by atoms with Crippen molar-refractivity contribution in [2.75, 3.05) is 26.7 Å². The van der Waals surface area contributed by atoms with Crippen LogP contribution in [0.25, 0.3) is 0 Å². The van der Waals surface area contributed by atoms with Gasteiger partial charge < -0.3 is 4.74 Å². The van der Waals surface area contributed by atoms with Crippen molar-refractivity contribution in [3.8, 4) is 5.75 Å². The molecule has 2 aromatic rings. The summed E-state index contributed by atoms with van der Waals surface area (Å²) in [4.78, 5) is 2.71. The SMILES string of the molecule is COc1ccc(S(=O)(=O)NC[C@@H](c2ccsc2)N2CCCCCC2)cc1C. The van der Waals surface area contributed by atoms with E-state index in [1.165, 1.54) is 31.2 Å². The van der Waals surface area contributed by atoms with E-state index in [1.807, 2.05) is 6.92 Å². The normalized spacial score (nSPS) is 17.4. The highest BCUT2D eigenvalue weighted by atomic mass is 32.2. The van der Waals surface area contributed by atoms with Crippen LogP contribution >= 0.6 is 11.3 Å². The van der Waals surface area contributed by atoms with Gasteiger partial charge in [0.1, 0.15) is 5.75 Å². The lowest BCUT2D eigenvalue weighted by atomic mass is 10.1. The molecule has 1 aliphatic heterocycles. The number of ether oxygens (including phenoxy) is 1. The minimum absolute atomic E-state index is 0.0727. The standard InChI is InChI=1S/C20H28N2O3S2/c1-16-13-18(7-8-20(16)25-2)27(23,24)21-14-19(17-9-12-26-15-17)22-10-5-3-4-6-11-22/h7-9,12-13,15,19,21H,3-6,10-11,14H2,1-2H3/t19-/m0/s1. The van der Waals surface area contributed by atoms with Gasteiger partial charge >= 0.3 is 0 Å². The molecule has 27 heavy (non-hydrogen) atoms. The molecule has 5 nitrogen and oxygen atoms in total. The molecule has 0 spiro atoms. The summed E-state index contributed by atoms with van der Waals surface area (Å²) < 4.78 is 33.8. The largest absolute Gasteiger partial charge is 0.496 e. The Bertz CT molecular complexity index is 827. The van der Waals surface area contributed by atoms with Crippen LogP contribution in [-0.4, -0.2) is 40.1 Å². The summed E-state index contributed by atoms with van der Waals surface area (Å²) in [7, 11) is -1.99. The summed E-state index contributed by atoms with van der Waals surface area (Å²) in [5.41, 5.74) is 2.00. The average molecular weight is 409 g/mol. The average Bonchev–Trinajstić information content (AvgIpc) is 3.04. The Labute approximate surface area is 166 Å². The van der Waals surface area contributed by atoms with Gasteiger partial charge in [0.05, 0.1) is 12.0 Å². The summed E-state index contributed by atoms with van der Waals surface area (Å²) in [6, 6.07) is 7.14. The molecule has 1 atom stereocenters. The third-order valence-corrected chi connectivity index (χ3v) is 7.28. The van der Waals surface area contributed by atoms with Crippen molar-refractivity contribution in [1.29, 1.82) is 0 Å². The maximum atomic E-state index is 12.8. The Balaban J connectivity index is 1.76. The number of aryl methyl sites for hydroxylation is 1. The Morgan fingerprint density at radius 3 is 2.52 bits per heavy atom. The van der Waals surface area contributed by atoms with Crippen LogP contribution in [0.3, 0.4) is 0 Å². The van der Waals surface area contributed by atoms with Crippen molar-refractivity contribution in [2.24, 2.45) is 0 Å². The Hall–Kier alpha value is -1.41. The molecule has 3 rings (SSSR count). The lowest BCUT2D eigenvalue weighted by molar-refractivity contribution is 0.206. The van der Waals surface area contributed by atoms with Crippen LogP contribution in [0.5, 0.6) is 5.75 Å². The van der Waals surface area contributed by atoms with Crippen LogP contribution in [0, 0.1) is 6.92 Å². The molecule has 1 aromatic heterocycles. The number of hydrogen-bond acceptors (Lipinski definition) is 5. The van der Waals surface area contributed by atoms with Gasteiger partial charge in [-0.05, 0) is 79.0 Å². The van der Waals surface area contributed by atoms with E-state index in [0.717, 1.165) is 18.7 Å². The third kappa shape index (κ3) is 5.10. The first-order valence-electron chi connectivity index (χ1n) is 9.42. The van der Waals surface area contributed by atoms with Crippen LogP contribution in [0.15, 0.2) is 39.9 Å². The molecule has 0 aliphatic carbocycles. The smallest absolute Gasteiger partial charge is 0.240 e. The first kappa shape index (κ1) is 20.3. The van der Waals surface area contributed by atoms with E-state index >= 15 is 0 Å². The topological polar surface area (TPSA) is 58.6 Å². The van der Waals surface area contributed by atoms with E-state index in [9.17, 15) is 8.42 Å². The summed E-state index contributed by atoms with van der Waals surface area (Å²) in [6.07, 6.45) is 4.85. The quantitative estimate of drug-likeness (QED) is 0.753. The minimum Gasteiger partial charge on any atom is -0.496 e. The van der Waals surface area contributed by atoms with Gasteiger partial charge in [-0.1, -0.05) is 12.8 Å². The van der Waals surface area contributed by atoms with E-state index in [2.05, 4.69) is 26.4 Å². The molecule has 0 radical (unpaired) electrons. The van der Waals surface area contributed by atoms with E-state index < -0.39 is 10.0 Å². The summed E-state index contributed by atoms with van der Waals surface area (Å²) >= 11 is 1.66. The molecule has 2 heterocycles. The van der Waals surface area contributed by atoms with E-state index in [-0.39, 0.29) is 10.9 Å². The fraction of sp³-hybridized carbons (Fsp3) is 0.500. The number of nitrogens with zero attached hydrogens (tertiary/aromatic N) is 1. The van der Waals surface area contributed by atoms with Crippen LogP contribution in [0.2, 0.25) is 0 Å². The van der Waals surface area contributed by atoms with Gasteiger partial charge in [-0.3, -0.25) is 4.90 Å². The highest BCUT2D eigenvalue weighted by molar-refractivity contribution is 7.89. The van der Waals surface area contributed by atoms with Gasteiger partial charge in [-0.15, -0.1) is 0 Å². The van der Waals surface area contributed by atoms with Crippen molar-refractivity contribution in [3.05, 3.63) is 46.2 Å². The molecule has 1 saturated heterocycles. The van der Waals surface area contributed by atoms with Gasteiger partial charge in [0.2, 0.25) is 10.0 Å². The van der Waals surface area contributed by atoms with Crippen LogP contribution in [0.4, 0.5) is 0 Å². The van der Waals surface area contributed by atoms with Crippen molar-refractivity contribution in [1.82, 2.24) is 9.62 Å². The van der Waals surface area contributed by atoms with Crippen LogP contribution in [-0.2, 0) is 10.0 Å². The number of hydrogen-bond donors (Lipinski definition) is 1. The molecular weight excluding hydrogens is 380 g/mol. The molecule has 0 saturated carbocycles. The van der Waals surface area contributed by atoms with E-state index in [0.29, 0.717) is 12.3 Å². The Morgan fingerprint density at radius 2 is 1.93 bits per heavy atom. The molecule has 148 valence electrons. The molecule has 1 aromatic carbocycles. The van der Waals surface area contributed by atoms with E-state index in [4.69, 9.17) is 4.74 Å². The van der Waals surface area contributed by atoms with Gasteiger partial charge in [0.25, 0.3) is 0 Å². The lowest BCUT2D eigenvalue weighted by Crippen LogP contribution is -2.38. The molecule has 0 amide bonds. The highest BCUT2D eigenvalue weighted by Gasteiger charge is 2.24. The zero-order valence-corrected chi connectivity index (χ0v) is 17.6. The molecule has 7 heteroatoms. The second-order valence-corrected chi connectivity index (χ2v) is 9.55. The zero-order valence-electron chi connectivity index (χ0n) is 16.0. The number of likely N-dealkylation sites (tertiary alicyclic amines) is 1. The van der Waals surface area contributed by atoms with Gasteiger partial charge in [-0.2, -0.15) is 11.3 Å². The first-order chi connectivity index (χ1) is 13.0. The second-order valence-electron chi connectivity index (χ2n) is 7.01. The summed E-state index contributed by atoms with van der Waals surface area (Å²) in [5, 5.41) is 4.18. The van der Waals surface area contributed by atoms with Gasteiger partial charge in [-0.25, -0.2) is 13.1 Å². The summed E-state index contributed by atoms with van der Waals surface area (Å²) in [6.45, 7) is 4.27. The fourth-order valence-corrected chi connectivity index (χ4v) is 5.45. The Kier molecular flexibility index (Phi) is 6.92. The molecular formula is C20H28N2O3S2. The summed E-state index contributed by atoms with van der Waals surface area (Å²) in [5.74, 6) is 0.690. The zero-order chi connectivity index (χ0) is 19.3. The van der Waals surface area contributed by atoms with Crippen molar-refractivity contribution in [3.63, 3.8) is 0 Å². The van der Waals surface area contributed by atoms with Crippen molar-refractivity contribution >= 4 is 21.4 Å². The maximum Gasteiger partial charge on any atom is 0.240 e. The number of benzene rings is 1. The highest BCUT2D eigenvalue weighted by Crippen LogP contribution is 2.27. The number of methoxy groups -OCH3 is 1. The molecule has 1 aliphatic rings. The minimum atomic E-state index is -3.57. The van der Waals surface area contributed by atoms with Crippen LogP contribution in [0.1, 0.15) is 42.9 Å². The number of thiophene rings is 1. The Morgan fingerprint density at radius 1 is 1.19 bits per heavy atom. The molecule has 0 bridgehead atoms. The second kappa shape index (κ2) is 9.19. The fourth-order valence-electron chi connectivity index (χ4n) is 3.62. The molecule has 0 unspecified atom stereocenters. The maximum absolute atomic E-state index is 12.8. The lowest BCUT2D eigenvalue weighted by Gasteiger charge is -2.30. The first-order valence-corrected chi connectivity index (χ1v) is 11.8.